The zero-order valence-electron chi connectivity index (χ0n) is 10.9. The second-order valence-electron chi connectivity index (χ2n) is 5.11. The van der Waals surface area contributed by atoms with Crippen LogP contribution in [0.4, 0.5) is 10.8 Å². The highest BCUT2D eigenvalue weighted by atomic mass is 32.1. The Hall–Kier alpha value is -2.02. The lowest BCUT2D eigenvalue weighted by atomic mass is 10.1. The van der Waals surface area contributed by atoms with Crippen LogP contribution in [-0.4, -0.2) is 19.8 Å². The van der Waals surface area contributed by atoms with Crippen LogP contribution < -0.4 is 5.32 Å². The van der Waals surface area contributed by atoms with E-state index in [9.17, 15) is 10.1 Å². The number of benzene rings is 1. The van der Waals surface area contributed by atoms with Crippen molar-refractivity contribution in [1.29, 1.82) is 0 Å². The molecule has 0 saturated carbocycles. The molecule has 7 heteroatoms. The first-order chi connectivity index (χ1) is 8.85. The van der Waals surface area contributed by atoms with E-state index in [1.165, 1.54) is 23.7 Å². The molecule has 1 aromatic carbocycles. The molecule has 0 aliphatic rings. The molecule has 19 heavy (non-hydrogen) atoms. The SMILES string of the molecule is CC(C)(C)Nc1nc(-c2cccc([N+](=O)[O-])c2)ns1. The third-order valence-electron chi connectivity index (χ3n) is 2.22. The van der Waals surface area contributed by atoms with E-state index in [0.717, 1.165) is 0 Å². The van der Waals surface area contributed by atoms with Gasteiger partial charge in [-0.1, -0.05) is 12.1 Å². The normalized spacial score (nSPS) is 11.3. The quantitative estimate of drug-likeness (QED) is 0.688. The molecule has 0 spiro atoms. The minimum Gasteiger partial charge on any atom is -0.356 e. The lowest BCUT2D eigenvalue weighted by Crippen LogP contribution is -2.25. The van der Waals surface area contributed by atoms with Crippen molar-refractivity contribution < 1.29 is 4.92 Å². The van der Waals surface area contributed by atoms with Gasteiger partial charge in [-0.3, -0.25) is 10.1 Å². The molecule has 2 aromatic rings. The topological polar surface area (TPSA) is 81.0 Å². The highest BCUT2D eigenvalue weighted by Gasteiger charge is 2.15. The van der Waals surface area contributed by atoms with E-state index in [2.05, 4.69) is 14.7 Å². The number of nitrogens with one attached hydrogen (secondary N) is 1. The Morgan fingerprint density at radius 3 is 2.74 bits per heavy atom. The van der Waals surface area contributed by atoms with E-state index >= 15 is 0 Å². The van der Waals surface area contributed by atoms with Gasteiger partial charge in [0.1, 0.15) is 0 Å². The molecule has 0 saturated heterocycles. The van der Waals surface area contributed by atoms with E-state index in [4.69, 9.17) is 0 Å². The van der Waals surface area contributed by atoms with Gasteiger partial charge in [-0.2, -0.15) is 9.36 Å². The largest absolute Gasteiger partial charge is 0.356 e. The number of nitro benzene ring substituents is 1. The average molecular weight is 278 g/mol. The third-order valence-corrected chi connectivity index (χ3v) is 2.85. The molecule has 0 radical (unpaired) electrons. The highest BCUT2D eigenvalue weighted by Crippen LogP contribution is 2.25. The summed E-state index contributed by atoms with van der Waals surface area (Å²) in [7, 11) is 0. The minimum absolute atomic E-state index is 0.0395. The molecule has 1 aromatic heterocycles. The fourth-order valence-corrected chi connectivity index (χ4v) is 2.27. The first kappa shape index (κ1) is 13.4. The number of rotatable bonds is 3. The second-order valence-corrected chi connectivity index (χ2v) is 5.86. The van der Waals surface area contributed by atoms with Gasteiger partial charge in [-0.25, -0.2) is 0 Å². The zero-order chi connectivity index (χ0) is 14.0. The predicted molar refractivity (Wildman–Crippen MR) is 75.4 cm³/mol. The summed E-state index contributed by atoms with van der Waals surface area (Å²) in [5, 5.41) is 14.7. The molecular weight excluding hydrogens is 264 g/mol. The van der Waals surface area contributed by atoms with Crippen molar-refractivity contribution in [3.63, 3.8) is 0 Å². The van der Waals surface area contributed by atoms with Crippen LogP contribution >= 0.6 is 11.5 Å². The standard InChI is InChI=1S/C12H14N4O2S/c1-12(2,3)14-11-13-10(15-19-11)8-5-4-6-9(7-8)16(17)18/h4-7H,1-3H3,(H,13,14,15). The maximum absolute atomic E-state index is 10.7. The number of nitro groups is 1. The van der Waals surface area contributed by atoms with Gasteiger partial charge >= 0.3 is 0 Å². The van der Waals surface area contributed by atoms with Crippen LogP contribution in [0.2, 0.25) is 0 Å². The summed E-state index contributed by atoms with van der Waals surface area (Å²) in [5.74, 6) is 0.500. The van der Waals surface area contributed by atoms with E-state index in [0.29, 0.717) is 16.5 Å². The number of aromatic nitrogens is 2. The van der Waals surface area contributed by atoms with Crippen LogP contribution in [0, 0.1) is 10.1 Å². The van der Waals surface area contributed by atoms with E-state index in [1.807, 2.05) is 20.8 Å². The fraction of sp³-hybridized carbons (Fsp3) is 0.333. The Morgan fingerprint density at radius 1 is 1.37 bits per heavy atom. The van der Waals surface area contributed by atoms with Gasteiger partial charge in [0.25, 0.3) is 5.69 Å². The van der Waals surface area contributed by atoms with Gasteiger partial charge in [0, 0.05) is 34.8 Å². The smallest absolute Gasteiger partial charge is 0.270 e. The van der Waals surface area contributed by atoms with E-state index in [1.54, 1.807) is 12.1 Å². The van der Waals surface area contributed by atoms with E-state index in [-0.39, 0.29) is 11.2 Å². The van der Waals surface area contributed by atoms with Gasteiger partial charge in [0.2, 0.25) is 5.13 Å². The van der Waals surface area contributed by atoms with Gasteiger partial charge in [0.15, 0.2) is 5.82 Å². The molecule has 0 bridgehead atoms. The predicted octanol–water partition coefficient (Wildman–Crippen LogP) is 3.32. The third kappa shape index (κ3) is 3.47. The summed E-state index contributed by atoms with van der Waals surface area (Å²) in [4.78, 5) is 14.6. The van der Waals surface area contributed by atoms with Crippen LogP contribution in [0.25, 0.3) is 11.4 Å². The maximum atomic E-state index is 10.7. The fourth-order valence-electron chi connectivity index (χ4n) is 1.47. The molecule has 1 N–H and O–H groups in total. The highest BCUT2D eigenvalue weighted by molar-refractivity contribution is 7.09. The molecule has 0 aliphatic carbocycles. The minimum atomic E-state index is -0.426. The molecule has 1 heterocycles. The Bertz CT molecular complexity index is 604. The molecule has 0 unspecified atom stereocenters. The summed E-state index contributed by atoms with van der Waals surface area (Å²) in [6, 6.07) is 6.31. The van der Waals surface area contributed by atoms with Crippen LogP contribution in [0.5, 0.6) is 0 Å². The van der Waals surface area contributed by atoms with Crippen molar-refractivity contribution in [2.45, 2.75) is 26.3 Å². The summed E-state index contributed by atoms with van der Waals surface area (Å²) in [6.07, 6.45) is 0. The number of nitrogens with zero attached hydrogens (tertiary/aromatic N) is 3. The van der Waals surface area contributed by atoms with Crippen LogP contribution in [0.1, 0.15) is 20.8 Å². The Morgan fingerprint density at radius 2 is 2.11 bits per heavy atom. The van der Waals surface area contributed by atoms with Crippen molar-refractivity contribution in [2.24, 2.45) is 0 Å². The van der Waals surface area contributed by atoms with Gasteiger partial charge in [0.05, 0.1) is 4.92 Å². The molecule has 2 rings (SSSR count). The first-order valence-electron chi connectivity index (χ1n) is 5.72. The van der Waals surface area contributed by atoms with Crippen molar-refractivity contribution in [3.8, 4) is 11.4 Å². The summed E-state index contributed by atoms with van der Waals surface area (Å²) in [5.41, 5.74) is 0.587. The van der Waals surface area contributed by atoms with Gasteiger partial charge in [-0.05, 0) is 20.8 Å². The van der Waals surface area contributed by atoms with Crippen molar-refractivity contribution in [2.75, 3.05) is 5.32 Å². The lowest BCUT2D eigenvalue weighted by Gasteiger charge is -2.18. The van der Waals surface area contributed by atoms with Crippen LogP contribution in [0.3, 0.4) is 0 Å². The van der Waals surface area contributed by atoms with Gasteiger partial charge < -0.3 is 5.32 Å². The molecule has 0 amide bonds. The molecule has 6 nitrogen and oxygen atoms in total. The molecule has 0 atom stereocenters. The van der Waals surface area contributed by atoms with Crippen LogP contribution in [0.15, 0.2) is 24.3 Å². The molecule has 0 fully saturated rings. The lowest BCUT2D eigenvalue weighted by molar-refractivity contribution is -0.384. The zero-order valence-corrected chi connectivity index (χ0v) is 11.7. The van der Waals surface area contributed by atoms with Crippen LogP contribution in [-0.2, 0) is 0 Å². The molecule has 100 valence electrons. The van der Waals surface area contributed by atoms with Crippen molar-refractivity contribution >= 4 is 22.4 Å². The average Bonchev–Trinajstić information content (AvgIpc) is 2.75. The van der Waals surface area contributed by atoms with Crippen molar-refractivity contribution in [3.05, 3.63) is 34.4 Å². The Balaban J connectivity index is 2.28. The number of anilines is 1. The van der Waals surface area contributed by atoms with E-state index < -0.39 is 4.92 Å². The summed E-state index contributed by atoms with van der Waals surface area (Å²) >= 11 is 1.24. The summed E-state index contributed by atoms with van der Waals surface area (Å²) < 4.78 is 4.22. The van der Waals surface area contributed by atoms with Gasteiger partial charge in [-0.15, -0.1) is 0 Å². The second kappa shape index (κ2) is 4.93. The number of hydrogen-bond acceptors (Lipinski definition) is 6. The Kier molecular flexibility index (Phi) is 3.48. The number of non-ortho nitro benzene ring substituents is 1. The maximum Gasteiger partial charge on any atom is 0.270 e. The molecular formula is C12H14N4O2S. The first-order valence-corrected chi connectivity index (χ1v) is 6.49. The number of hydrogen-bond donors (Lipinski definition) is 1. The Labute approximate surface area is 114 Å². The summed E-state index contributed by atoms with van der Waals surface area (Å²) in [6.45, 7) is 6.09. The molecule has 0 aliphatic heterocycles. The van der Waals surface area contributed by atoms with Crippen molar-refractivity contribution in [1.82, 2.24) is 9.36 Å². The monoisotopic (exact) mass is 278 g/mol.